The molecule has 0 aliphatic rings. The molecule has 3 heteroatoms. The number of carboxylic acids is 1. The summed E-state index contributed by atoms with van der Waals surface area (Å²) in [5.41, 5.74) is 0. The largest absolute Gasteiger partial charge is 0.481 e. The molecule has 0 spiro atoms. The van der Waals surface area contributed by atoms with Gasteiger partial charge < -0.3 is 9.59 Å². The normalized spacial score (nSPS) is 11.6. The third-order valence-electron chi connectivity index (χ3n) is 1.98. The molecule has 0 amide bonds. The molecule has 0 aliphatic heterocycles. The van der Waals surface area contributed by atoms with Gasteiger partial charge in [0.2, 0.25) is 0 Å². The van der Waals surface area contributed by atoms with Crippen LogP contribution in [0.2, 0.25) is 0 Å². The summed E-state index contributed by atoms with van der Waals surface area (Å²) in [7, 11) is 4.29. The molecular formula is C9H20NO2+. The summed E-state index contributed by atoms with van der Waals surface area (Å²) in [5, 5.41) is 8.43. The van der Waals surface area contributed by atoms with Crippen molar-refractivity contribution in [3.8, 4) is 0 Å². The number of rotatable bonds is 6. The Bertz CT molecular complexity index is 143. The van der Waals surface area contributed by atoms with Gasteiger partial charge in [0.25, 0.3) is 0 Å². The van der Waals surface area contributed by atoms with E-state index in [1.54, 1.807) is 0 Å². The van der Waals surface area contributed by atoms with Gasteiger partial charge in [0.15, 0.2) is 0 Å². The van der Waals surface area contributed by atoms with E-state index in [0.29, 0.717) is 6.42 Å². The number of carbonyl (C=O) groups is 1. The van der Waals surface area contributed by atoms with Crippen molar-refractivity contribution in [2.24, 2.45) is 0 Å². The SMILES string of the molecule is CCC[N+](C)(C)CCCC(=O)O. The molecule has 0 saturated heterocycles. The lowest BCUT2D eigenvalue weighted by Gasteiger charge is -2.29. The molecule has 0 unspecified atom stereocenters. The third-order valence-corrected chi connectivity index (χ3v) is 1.98. The van der Waals surface area contributed by atoms with Gasteiger partial charge in [-0.1, -0.05) is 6.92 Å². The minimum absolute atomic E-state index is 0.297. The molecule has 1 N–H and O–H groups in total. The van der Waals surface area contributed by atoms with E-state index in [-0.39, 0.29) is 0 Å². The Hall–Kier alpha value is -0.570. The minimum atomic E-state index is -0.688. The number of hydrogen-bond acceptors (Lipinski definition) is 1. The van der Waals surface area contributed by atoms with Crippen molar-refractivity contribution in [3.63, 3.8) is 0 Å². The van der Waals surface area contributed by atoms with Crippen molar-refractivity contribution in [1.29, 1.82) is 0 Å². The average molecular weight is 174 g/mol. The van der Waals surface area contributed by atoms with Gasteiger partial charge >= 0.3 is 5.97 Å². The van der Waals surface area contributed by atoms with Crippen LogP contribution in [0, 0.1) is 0 Å². The minimum Gasteiger partial charge on any atom is -0.481 e. The first-order valence-electron chi connectivity index (χ1n) is 4.52. The second kappa shape index (κ2) is 5.14. The molecular weight excluding hydrogens is 154 g/mol. The monoisotopic (exact) mass is 174 g/mol. The second-order valence-corrected chi connectivity index (χ2v) is 3.88. The van der Waals surface area contributed by atoms with Crippen LogP contribution in [0.4, 0.5) is 0 Å². The highest BCUT2D eigenvalue weighted by Gasteiger charge is 2.13. The second-order valence-electron chi connectivity index (χ2n) is 3.88. The Kier molecular flexibility index (Phi) is 4.90. The summed E-state index contributed by atoms with van der Waals surface area (Å²) in [6.07, 6.45) is 2.23. The van der Waals surface area contributed by atoms with Crippen molar-refractivity contribution in [2.75, 3.05) is 27.2 Å². The summed E-state index contributed by atoms with van der Waals surface area (Å²) < 4.78 is 0.934. The van der Waals surface area contributed by atoms with Gasteiger partial charge in [-0.05, 0) is 6.42 Å². The van der Waals surface area contributed by atoms with E-state index in [1.807, 2.05) is 0 Å². The Morgan fingerprint density at radius 1 is 1.33 bits per heavy atom. The lowest BCUT2D eigenvalue weighted by atomic mass is 10.2. The predicted molar refractivity (Wildman–Crippen MR) is 49.0 cm³/mol. The topological polar surface area (TPSA) is 37.3 Å². The molecule has 12 heavy (non-hydrogen) atoms. The van der Waals surface area contributed by atoms with Crippen LogP contribution < -0.4 is 0 Å². The van der Waals surface area contributed by atoms with Crippen LogP contribution in [-0.4, -0.2) is 42.7 Å². The quantitative estimate of drug-likeness (QED) is 0.617. The molecule has 0 radical (unpaired) electrons. The summed E-state index contributed by atoms with van der Waals surface area (Å²) in [6, 6.07) is 0. The molecule has 0 rings (SSSR count). The van der Waals surface area contributed by atoms with E-state index in [2.05, 4.69) is 21.0 Å². The Balaban J connectivity index is 3.53. The molecule has 0 bridgehead atoms. The van der Waals surface area contributed by atoms with Gasteiger partial charge in [-0.25, -0.2) is 0 Å². The van der Waals surface area contributed by atoms with Crippen LogP contribution >= 0.6 is 0 Å². The van der Waals surface area contributed by atoms with E-state index >= 15 is 0 Å². The van der Waals surface area contributed by atoms with Crippen molar-refractivity contribution in [2.45, 2.75) is 26.2 Å². The standard InChI is InChI=1S/C9H19NO2/c1-4-7-10(2,3)8-5-6-9(11)12/h4-8H2,1-3H3/p+1. The fourth-order valence-corrected chi connectivity index (χ4v) is 1.38. The van der Waals surface area contributed by atoms with Crippen LogP contribution in [0.3, 0.4) is 0 Å². The van der Waals surface area contributed by atoms with E-state index < -0.39 is 5.97 Å². The zero-order chi connectivity index (χ0) is 9.61. The molecule has 0 aromatic heterocycles. The van der Waals surface area contributed by atoms with Crippen molar-refractivity contribution in [1.82, 2.24) is 0 Å². The smallest absolute Gasteiger partial charge is 0.303 e. The summed E-state index contributed by atoms with van der Waals surface area (Å²) in [5.74, 6) is -0.688. The third kappa shape index (κ3) is 6.16. The maximum atomic E-state index is 10.2. The molecule has 3 nitrogen and oxygen atoms in total. The molecule has 72 valence electrons. The number of quaternary nitrogens is 1. The first kappa shape index (κ1) is 11.4. The van der Waals surface area contributed by atoms with E-state index in [4.69, 9.17) is 5.11 Å². The highest BCUT2D eigenvalue weighted by molar-refractivity contribution is 5.66. The molecule has 0 saturated carbocycles. The van der Waals surface area contributed by atoms with Crippen molar-refractivity contribution in [3.05, 3.63) is 0 Å². The zero-order valence-corrected chi connectivity index (χ0v) is 8.34. The number of carboxylic acid groups (broad SMARTS) is 1. The van der Waals surface area contributed by atoms with Gasteiger partial charge in [0.05, 0.1) is 33.6 Å². The van der Waals surface area contributed by atoms with E-state index in [9.17, 15) is 4.79 Å². The van der Waals surface area contributed by atoms with Gasteiger partial charge in [0.1, 0.15) is 0 Å². The summed E-state index contributed by atoms with van der Waals surface area (Å²) >= 11 is 0. The molecule has 0 aliphatic carbocycles. The van der Waals surface area contributed by atoms with Gasteiger partial charge in [-0.15, -0.1) is 0 Å². The van der Waals surface area contributed by atoms with Crippen LogP contribution in [0.15, 0.2) is 0 Å². The highest BCUT2D eigenvalue weighted by Crippen LogP contribution is 2.02. The Labute approximate surface area is 74.6 Å². The first-order valence-corrected chi connectivity index (χ1v) is 4.52. The van der Waals surface area contributed by atoms with Crippen molar-refractivity contribution >= 4 is 5.97 Å². The fourth-order valence-electron chi connectivity index (χ4n) is 1.38. The number of hydrogen-bond donors (Lipinski definition) is 1. The molecule has 0 atom stereocenters. The van der Waals surface area contributed by atoms with Crippen LogP contribution in [0.5, 0.6) is 0 Å². The summed E-state index contributed by atoms with van der Waals surface area (Å²) in [6.45, 7) is 4.23. The average Bonchev–Trinajstić information content (AvgIpc) is 1.85. The maximum absolute atomic E-state index is 10.2. The number of nitrogens with zero attached hydrogens (tertiary/aromatic N) is 1. The van der Waals surface area contributed by atoms with Crippen LogP contribution in [0.1, 0.15) is 26.2 Å². The first-order chi connectivity index (χ1) is 5.48. The zero-order valence-electron chi connectivity index (χ0n) is 8.34. The van der Waals surface area contributed by atoms with E-state index in [1.165, 1.54) is 0 Å². The summed E-state index contributed by atoms with van der Waals surface area (Å²) in [4.78, 5) is 10.2. The molecule has 0 fully saturated rings. The lowest BCUT2D eigenvalue weighted by molar-refractivity contribution is -0.890. The number of aliphatic carboxylic acids is 1. The Morgan fingerprint density at radius 2 is 1.92 bits per heavy atom. The predicted octanol–water partition coefficient (Wildman–Crippen LogP) is 1.34. The maximum Gasteiger partial charge on any atom is 0.303 e. The van der Waals surface area contributed by atoms with Crippen LogP contribution in [-0.2, 0) is 4.79 Å². The van der Waals surface area contributed by atoms with Crippen LogP contribution in [0.25, 0.3) is 0 Å². The molecule has 0 heterocycles. The van der Waals surface area contributed by atoms with Gasteiger partial charge in [0, 0.05) is 6.42 Å². The van der Waals surface area contributed by atoms with Gasteiger partial charge in [-0.3, -0.25) is 4.79 Å². The van der Waals surface area contributed by atoms with E-state index in [0.717, 1.165) is 30.4 Å². The molecule has 0 aromatic rings. The highest BCUT2D eigenvalue weighted by atomic mass is 16.4. The van der Waals surface area contributed by atoms with Crippen molar-refractivity contribution < 1.29 is 14.4 Å². The Morgan fingerprint density at radius 3 is 2.33 bits per heavy atom. The van der Waals surface area contributed by atoms with Gasteiger partial charge in [-0.2, -0.15) is 0 Å². The lowest BCUT2D eigenvalue weighted by Crippen LogP contribution is -2.41. The molecule has 0 aromatic carbocycles. The fraction of sp³-hybridized carbons (Fsp3) is 0.889.